The first-order valence-corrected chi connectivity index (χ1v) is 8.01. The number of nitrogens with zero attached hydrogens (tertiary/aromatic N) is 3. The number of hydrogen-bond acceptors (Lipinski definition) is 4. The molecule has 0 aliphatic heterocycles. The zero-order chi connectivity index (χ0) is 13.1. The molecule has 1 fully saturated rings. The maximum Gasteiger partial charge on any atom is 0.195 e. The number of rotatable bonds is 4. The van der Waals surface area contributed by atoms with Gasteiger partial charge in [0.15, 0.2) is 10.8 Å². The fourth-order valence-corrected chi connectivity index (χ4v) is 3.79. The van der Waals surface area contributed by atoms with Gasteiger partial charge in [0.1, 0.15) is 0 Å². The Bertz CT molecular complexity index is 533. The summed E-state index contributed by atoms with van der Waals surface area (Å²) < 4.78 is 2.03. The van der Waals surface area contributed by atoms with Crippen molar-refractivity contribution in [2.75, 3.05) is 5.75 Å². The highest BCUT2D eigenvalue weighted by Crippen LogP contribution is 2.28. The van der Waals surface area contributed by atoms with Gasteiger partial charge in [0.25, 0.3) is 0 Å². The van der Waals surface area contributed by atoms with Crippen LogP contribution < -0.4 is 5.73 Å². The van der Waals surface area contributed by atoms with Crippen molar-refractivity contribution in [2.45, 2.75) is 43.3 Å². The fourth-order valence-electron chi connectivity index (χ4n) is 2.79. The molecule has 0 saturated heterocycles. The second kappa shape index (κ2) is 5.92. The average Bonchev–Trinajstić information content (AvgIpc) is 2.89. The molecule has 3 rings (SSSR count). The molecule has 102 valence electrons. The van der Waals surface area contributed by atoms with E-state index in [1.165, 1.54) is 32.1 Å². The number of aromatic nitrogens is 3. The van der Waals surface area contributed by atoms with Gasteiger partial charge >= 0.3 is 0 Å². The third-order valence-corrected chi connectivity index (χ3v) is 5.03. The van der Waals surface area contributed by atoms with Gasteiger partial charge in [-0.25, -0.2) is 0 Å². The Hall–Kier alpha value is -1.07. The molecule has 0 radical (unpaired) electrons. The second-order valence-electron chi connectivity index (χ2n) is 5.28. The number of thioether (sulfide) groups is 1. The highest BCUT2D eigenvalue weighted by atomic mass is 32.2. The van der Waals surface area contributed by atoms with Crippen molar-refractivity contribution >= 4 is 17.4 Å². The molecule has 0 aromatic carbocycles. The topological polar surface area (TPSA) is 56.2 Å². The first-order chi connectivity index (χ1) is 9.34. The van der Waals surface area contributed by atoms with Gasteiger partial charge in [0.05, 0.1) is 0 Å². The number of hydrogen-bond donors (Lipinski definition) is 1. The molecule has 1 aliphatic rings. The molecule has 1 unspecified atom stereocenters. The normalized spacial score (nSPS) is 18.8. The van der Waals surface area contributed by atoms with Crippen LogP contribution in [0.15, 0.2) is 29.6 Å². The molecule has 0 amide bonds. The highest BCUT2D eigenvalue weighted by Gasteiger charge is 2.21. The zero-order valence-corrected chi connectivity index (χ0v) is 11.9. The third-order valence-electron chi connectivity index (χ3n) is 3.94. The SMILES string of the molecule is NC(CSc1nnc2ccccn12)C1CCCCC1. The first-order valence-electron chi connectivity index (χ1n) is 7.03. The maximum absolute atomic E-state index is 6.33. The van der Waals surface area contributed by atoms with Crippen LogP contribution in [0.2, 0.25) is 0 Å². The summed E-state index contributed by atoms with van der Waals surface area (Å²) in [5.74, 6) is 1.63. The van der Waals surface area contributed by atoms with Crippen LogP contribution in [0.5, 0.6) is 0 Å². The minimum absolute atomic E-state index is 0.279. The van der Waals surface area contributed by atoms with Gasteiger partial charge in [0, 0.05) is 18.0 Å². The molecule has 19 heavy (non-hydrogen) atoms. The predicted octanol–water partition coefficient (Wildman–Crippen LogP) is 2.73. The summed E-state index contributed by atoms with van der Waals surface area (Å²) >= 11 is 1.72. The van der Waals surface area contributed by atoms with E-state index in [1.807, 2.05) is 28.8 Å². The molecule has 2 aromatic rings. The van der Waals surface area contributed by atoms with Gasteiger partial charge in [-0.3, -0.25) is 4.40 Å². The van der Waals surface area contributed by atoms with Gasteiger partial charge in [-0.1, -0.05) is 37.1 Å². The van der Waals surface area contributed by atoms with Crippen LogP contribution in [0.1, 0.15) is 32.1 Å². The van der Waals surface area contributed by atoms with Crippen molar-refractivity contribution in [2.24, 2.45) is 11.7 Å². The Morgan fingerprint density at radius 2 is 2.11 bits per heavy atom. The van der Waals surface area contributed by atoms with E-state index in [2.05, 4.69) is 10.2 Å². The van der Waals surface area contributed by atoms with Crippen LogP contribution in [0.4, 0.5) is 0 Å². The Morgan fingerprint density at radius 1 is 1.26 bits per heavy atom. The number of nitrogens with two attached hydrogens (primary N) is 1. The van der Waals surface area contributed by atoms with Crippen molar-refractivity contribution in [1.29, 1.82) is 0 Å². The van der Waals surface area contributed by atoms with E-state index < -0.39 is 0 Å². The molecule has 4 nitrogen and oxygen atoms in total. The molecular formula is C14H20N4S. The van der Waals surface area contributed by atoms with Crippen molar-refractivity contribution in [3.8, 4) is 0 Å². The van der Waals surface area contributed by atoms with E-state index in [1.54, 1.807) is 11.8 Å². The van der Waals surface area contributed by atoms with Gasteiger partial charge in [-0.2, -0.15) is 0 Å². The summed E-state index contributed by atoms with van der Waals surface area (Å²) in [5.41, 5.74) is 7.23. The molecule has 5 heteroatoms. The molecule has 0 spiro atoms. The molecular weight excluding hydrogens is 256 g/mol. The van der Waals surface area contributed by atoms with E-state index in [-0.39, 0.29) is 6.04 Å². The summed E-state index contributed by atoms with van der Waals surface area (Å²) in [6.45, 7) is 0. The monoisotopic (exact) mass is 276 g/mol. The highest BCUT2D eigenvalue weighted by molar-refractivity contribution is 7.99. The molecule has 2 heterocycles. The lowest BCUT2D eigenvalue weighted by Crippen LogP contribution is -2.33. The zero-order valence-electron chi connectivity index (χ0n) is 11.0. The molecule has 2 N–H and O–H groups in total. The minimum atomic E-state index is 0.279. The number of fused-ring (bicyclic) bond motifs is 1. The molecule has 1 atom stereocenters. The summed E-state index contributed by atoms with van der Waals surface area (Å²) in [7, 11) is 0. The smallest absolute Gasteiger partial charge is 0.195 e. The van der Waals surface area contributed by atoms with Gasteiger partial charge in [-0.15, -0.1) is 10.2 Å². The second-order valence-corrected chi connectivity index (χ2v) is 6.27. The molecule has 0 bridgehead atoms. The fraction of sp³-hybridized carbons (Fsp3) is 0.571. The van der Waals surface area contributed by atoms with Crippen LogP contribution in [0, 0.1) is 5.92 Å². The minimum Gasteiger partial charge on any atom is -0.327 e. The number of pyridine rings is 1. The lowest BCUT2D eigenvalue weighted by atomic mass is 9.85. The Kier molecular flexibility index (Phi) is 4.03. The largest absolute Gasteiger partial charge is 0.327 e. The van der Waals surface area contributed by atoms with E-state index in [0.29, 0.717) is 5.92 Å². The standard InChI is InChI=1S/C14H20N4S/c15-12(11-6-2-1-3-7-11)10-19-14-17-16-13-8-4-5-9-18(13)14/h4-5,8-9,11-12H,1-3,6-7,10,15H2. The molecule has 1 saturated carbocycles. The lowest BCUT2D eigenvalue weighted by Gasteiger charge is -2.26. The summed E-state index contributed by atoms with van der Waals surface area (Å²) in [4.78, 5) is 0. The van der Waals surface area contributed by atoms with Crippen LogP contribution in [-0.2, 0) is 0 Å². The summed E-state index contributed by atoms with van der Waals surface area (Å²) in [5, 5.41) is 9.34. The Balaban J connectivity index is 1.62. The van der Waals surface area contributed by atoms with Gasteiger partial charge in [0.2, 0.25) is 0 Å². The van der Waals surface area contributed by atoms with Gasteiger partial charge in [-0.05, 0) is 30.9 Å². The first kappa shape index (κ1) is 12.9. The van der Waals surface area contributed by atoms with E-state index >= 15 is 0 Å². The summed E-state index contributed by atoms with van der Waals surface area (Å²) in [6.07, 6.45) is 8.66. The van der Waals surface area contributed by atoms with Crippen molar-refractivity contribution < 1.29 is 0 Å². The van der Waals surface area contributed by atoms with Crippen molar-refractivity contribution in [1.82, 2.24) is 14.6 Å². The van der Waals surface area contributed by atoms with E-state index in [9.17, 15) is 0 Å². The average molecular weight is 276 g/mol. The van der Waals surface area contributed by atoms with Crippen LogP contribution in [0.3, 0.4) is 0 Å². The molecule has 1 aliphatic carbocycles. The van der Waals surface area contributed by atoms with Gasteiger partial charge < -0.3 is 5.73 Å². The van der Waals surface area contributed by atoms with Crippen molar-refractivity contribution in [3.63, 3.8) is 0 Å². The van der Waals surface area contributed by atoms with E-state index in [4.69, 9.17) is 5.73 Å². The quantitative estimate of drug-likeness (QED) is 0.872. The Morgan fingerprint density at radius 3 is 2.95 bits per heavy atom. The van der Waals surface area contributed by atoms with Crippen LogP contribution in [0.25, 0.3) is 5.65 Å². The van der Waals surface area contributed by atoms with E-state index in [0.717, 1.165) is 16.6 Å². The maximum atomic E-state index is 6.33. The lowest BCUT2D eigenvalue weighted by molar-refractivity contribution is 0.319. The summed E-state index contributed by atoms with van der Waals surface area (Å²) in [6, 6.07) is 6.23. The Labute approximate surface area is 117 Å². The molecule has 2 aromatic heterocycles. The van der Waals surface area contributed by atoms with Crippen molar-refractivity contribution in [3.05, 3.63) is 24.4 Å². The van der Waals surface area contributed by atoms with Crippen LogP contribution in [-0.4, -0.2) is 26.4 Å². The predicted molar refractivity (Wildman–Crippen MR) is 78.3 cm³/mol. The third kappa shape index (κ3) is 2.92. The van der Waals surface area contributed by atoms with Crippen LogP contribution >= 0.6 is 11.8 Å².